The van der Waals surface area contributed by atoms with Gasteiger partial charge in [-0.15, -0.1) is 5.10 Å². The van der Waals surface area contributed by atoms with Crippen molar-refractivity contribution in [3.8, 4) is 5.69 Å². The molecule has 0 saturated heterocycles. The zero-order chi connectivity index (χ0) is 20.4. The quantitative estimate of drug-likeness (QED) is 0.652. The van der Waals surface area contributed by atoms with Gasteiger partial charge in [-0.25, -0.2) is 13.5 Å². The number of benzene rings is 2. The van der Waals surface area contributed by atoms with Crippen molar-refractivity contribution in [1.29, 1.82) is 0 Å². The van der Waals surface area contributed by atoms with Gasteiger partial charge in [0, 0.05) is 23.9 Å². The lowest BCUT2D eigenvalue weighted by atomic mass is 10.1. The van der Waals surface area contributed by atoms with E-state index >= 15 is 0 Å². The Labute approximate surface area is 166 Å². The van der Waals surface area contributed by atoms with E-state index in [1.807, 2.05) is 32.0 Å². The SMILES string of the molecule is CC1=NOC(CNc2cc(C)cc(Nc3ncn(-c4cc(F)cc(F)c4)n3)c2)C1. The average molecular weight is 398 g/mol. The lowest BCUT2D eigenvalue weighted by Crippen LogP contribution is -2.19. The van der Waals surface area contributed by atoms with Crippen LogP contribution in [0.25, 0.3) is 5.69 Å². The van der Waals surface area contributed by atoms with Crippen molar-refractivity contribution in [3.05, 3.63) is 59.9 Å². The van der Waals surface area contributed by atoms with Crippen LogP contribution in [0.1, 0.15) is 18.9 Å². The summed E-state index contributed by atoms with van der Waals surface area (Å²) in [7, 11) is 0. The maximum atomic E-state index is 13.4. The molecule has 0 fully saturated rings. The average Bonchev–Trinajstić information content (AvgIpc) is 3.28. The van der Waals surface area contributed by atoms with Crippen LogP contribution >= 0.6 is 0 Å². The smallest absolute Gasteiger partial charge is 0.246 e. The molecule has 0 spiro atoms. The van der Waals surface area contributed by atoms with Crippen LogP contribution in [0.15, 0.2) is 47.9 Å². The molecule has 7 nitrogen and oxygen atoms in total. The fourth-order valence-electron chi connectivity index (χ4n) is 3.11. The molecule has 2 N–H and O–H groups in total. The molecule has 0 saturated carbocycles. The highest BCUT2D eigenvalue weighted by Gasteiger charge is 2.17. The number of nitrogens with one attached hydrogen (secondary N) is 2. The van der Waals surface area contributed by atoms with Crippen LogP contribution in [-0.4, -0.2) is 33.1 Å². The molecule has 3 aromatic rings. The summed E-state index contributed by atoms with van der Waals surface area (Å²) in [5.74, 6) is -1.04. The van der Waals surface area contributed by atoms with Crippen LogP contribution in [0.2, 0.25) is 0 Å². The Hall–Kier alpha value is -3.49. The fraction of sp³-hybridized carbons (Fsp3) is 0.250. The van der Waals surface area contributed by atoms with Gasteiger partial charge in [-0.2, -0.15) is 4.98 Å². The van der Waals surface area contributed by atoms with Gasteiger partial charge in [-0.3, -0.25) is 0 Å². The third-order valence-electron chi connectivity index (χ3n) is 4.35. The minimum atomic E-state index is -0.675. The number of hydrogen-bond donors (Lipinski definition) is 2. The van der Waals surface area contributed by atoms with E-state index in [0.717, 1.165) is 35.1 Å². The topological polar surface area (TPSA) is 76.4 Å². The number of aryl methyl sites for hydroxylation is 1. The van der Waals surface area contributed by atoms with Gasteiger partial charge >= 0.3 is 0 Å². The van der Waals surface area contributed by atoms with Crippen molar-refractivity contribution >= 4 is 23.0 Å². The molecule has 29 heavy (non-hydrogen) atoms. The van der Waals surface area contributed by atoms with Crippen molar-refractivity contribution in [3.63, 3.8) is 0 Å². The molecule has 1 aliphatic rings. The van der Waals surface area contributed by atoms with Crippen LogP contribution in [0, 0.1) is 18.6 Å². The molecule has 2 aromatic carbocycles. The second-order valence-corrected chi connectivity index (χ2v) is 6.99. The molecule has 1 aromatic heterocycles. The minimum Gasteiger partial charge on any atom is -0.390 e. The molecule has 1 unspecified atom stereocenters. The number of aromatic nitrogens is 3. The summed E-state index contributed by atoms with van der Waals surface area (Å²) >= 11 is 0. The minimum absolute atomic E-state index is 0.0240. The van der Waals surface area contributed by atoms with Crippen LogP contribution in [-0.2, 0) is 4.84 Å². The largest absolute Gasteiger partial charge is 0.390 e. The number of anilines is 3. The normalized spacial score (nSPS) is 15.7. The van der Waals surface area contributed by atoms with E-state index in [1.165, 1.54) is 23.1 Å². The number of rotatable bonds is 6. The van der Waals surface area contributed by atoms with Gasteiger partial charge < -0.3 is 15.5 Å². The van der Waals surface area contributed by atoms with Gasteiger partial charge in [0.15, 0.2) is 0 Å². The van der Waals surface area contributed by atoms with Crippen molar-refractivity contribution in [2.45, 2.75) is 26.4 Å². The highest BCUT2D eigenvalue weighted by molar-refractivity contribution is 5.82. The van der Waals surface area contributed by atoms with Gasteiger partial charge in [0.1, 0.15) is 24.1 Å². The van der Waals surface area contributed by atoms with E-state index in [1.54, 1.807) is 0 Å². The first-order chi connectivity index (χ1) is 13.9. The molecule has 2 heterocycles. The van der Waals surface area contributed by atoms with Gasteiger partial charge in [0.2, 0.25) is 5.95 Å². The molecule has 0 bridgehead atoms. The van der Waals surface area contributed by atoms with E-state index in [-0.39, 0.29) is 11.8 Å². The Morgan fingerprint density at radius 2 is 1.83 bits per heavy atom. The molecule has 0 radical (unpaired) electrons. The number of halogens is 2. The van der Waals surface area contributed by atoms with E-state index in [0.29, 0.717) is 12.5 Å². The summed E-state index contributed by atoms with van der Waals surface area (Å²) in [5, 5.41) is 14.7. The van der Waals surface area contributed by atoms with Crippen molar-refractivity contribution in [2.75, 3.05) is 17.2 Å². The van der Waals surface area contributed by atoms with Gasteiger partial charge in [0.05, 0.1) is 17.9 Å². The zero-order valence-electron chi connectivity index (χ0n) is 16.0. The summed E-state index contributed by atoms with van der Waals surface area (Å²) in [4.78, 5) is 9.50. The van der Waals surface area contributed by atoms with Gasteiger partial charge in [-0.1, -0.05) is 5.16 Å². The highest BCUT2D eigenvalue weighted by atomic mass is 19.1. The van der Waals surface area contributed by atoms with Gasteiger partial charge in [-0.05, 0) is 49.7 Å². The van der Waals surface area contributed by atoms with Crippen molar-refractivity contribution < 1.29 is 13.6 Å². The first-order valence-corrected chi connectivity index (χ1v) is 9.14. The summed E-state index contributed by atoms with van der Waals surface area (Å²) in [5.41, 5.74) is 4.00. The first kappa shape index (κ1) is 18.9. The third kappa shape index (κ3) is 4.68. The van der Waals surface area contributed by atoms with Crippen LogP contribution in [0.5, 0.6) is 0 Å². The number of nitrogens with zero attached hydrogens (tertiary/aromatic N) is 4. The second-order valence-electron chi connectivity index (χ2n) is 6.99. The Kier molecular flexibility index (Phi) is 5.11. The monoisotopic (exact) mass is 398 g/mol. The van der Waals surface area contributed by atoms with E-state index < -0.39 is 11.6 Å². The first-order valence-electron chi connectivity index (χ1n) is 9.14. The molecule has 150 valence electrons. The Morgan fingerprint density at radius 1 is 1.07 bits per heavy atom. The van der Waals surface area contributed by atoms with Crippen LogP contribution in [0.3, 0.4) is 0 Å². The van der Waals surface area contributed by atoms with E-state index in [9.17, 15) is 8.78 Å². The lowest BCUT2D eigenvalue weighted by Gasteiger charge is -2.13. The molecule has 1 aliphatic heterocycles. The molecule has 0 amide bonds. The summed E-state index contributed by atoms with van der Waals surface area (Å²) in [6, 6.07) is 9.09. The Balaban J connectivity index is 1.45. The molecular formula is C20H20F2N6O. The Bertz CT molecular complexity index is 1040. The van der Waals surface area contributed by atoms with Crippen LogP contribution in [0.4, 0.5) is 26.1 Å². The Morgan fingerprint density at radius 3 is 2.55 bits per heavy atom. The van der Waals surface area contributed by atoms with E-state index in [2.05, 4.69) is 25.9 Å². The molecule has 9 heteroatoms. The summed E-state index contributed by atoms with van der Waals surface area (Å²) in [6.45, 7) is 4.57. The van der Waals surface area contributed by atoms with E-state index in [4.69, 9.17) is 4.84 Å². The molecule has 1 atom stereocenters. The van der Waals surface area contributed by atoms with Crippen molar-refractivity contribution in [1.82, 2.24) is 14.8 Å². The summed E-state index contributed by atoms with van der Waals surface area (Å²) in [6.07, 6.45) is 2.23. The third-order valence-corrected chi connectivity index (χ3v) is 4.35. The van der Waals surface area contributed by atoms with Gasteiger partial charge in [0.25, 0.3) is 0 Å². The summed E-state index contributed by atoms with van der Waals surface area (Å²) < 4.78 is 28.2. The lowest BCUT2D eigenvalue weighted by molar-refractivity contribution is 0.0949. The fourth-order valence-corrected chi connectivity index (χ4v) is 3.11. The predicted octanol–water partition coefficient (Wildman–Crippen LogP) is 4.17. The standard InChI is InChI=1S/C20H20F2N6O/c1-12-3-16(23-10-19-5-13(2)27-29-19)9-17(4-12)25-20-24-11-28(26-20)18-7-14(21)6-15(22)8-18/h3-4,6-9,11,19,23H,5,10H2,1-2H3,(H,25,26). The molecule has 0 aliphatic carbocycles. The maximum Gasteiger partial charge on any atom is 0.246 e. The predicted molar refractivity (Wildman–Crippen MR) is 107 cm³/mol. The maximum absolute atomic E-state index is 13.4. The second kappa shape index (κ2) is 7.86. The van der Waals surface area contributed by atoms with Crippen molar-refractivity contribution in [2.24, 2.45) is 5.16 Å². The van der Waals surface area contributed by atoms with Crippen LogP contribution < -0.4 is 10.6 Å². The zero-order valence-corrected chi connectivity index (χ0v) is 16.0. The highest BCUT2D eigenvalue weighted by Crippen LogP contribution is 2.22. The molecule has 4 rings (SSSR count). The molecular weight excluding hydrogens is 378 g/mol. The number of oxime groups is 1. The number of hydrogen-bond acceptors (Lipinski definition) is 6.